The standard InChI is InChI=1S/C19H26N2O4S2.CH2Cl2/c1-13-21-14(12-26-13)5-6-15-7-8-16(27-15)9-10-24-17(22)11-20-18(23)25-19(2,3)4;2-1-3/h7-8,12H,5-6,9-11H2,1-4H3,(H,20,23);1H2. The van der Waals surface area contributed by atoms with Gasteiger partial charge in [-0.3, -0.25) is 4.79 Å². The Balaban J connectivity index is 0.00000141. The number of ether oxygens (including phenoxy) is 2. The van der Waals surface area contributed by atoms with Crippen LogP contribution >= 0.6 is 45.9 Å². The van der Waals surface area contributed by atoms with Crippen LogP contribution in [0, 0.1) is 6.92 Å². The molecule has 6 nitrogen and oxygen atoms in total. The Morgan fingerprint density at radius 2 is 1.77 bits per heavy atom. The summed E-state index contributed by atoms with van der Waals surface area (Å²) in [5, 5.41) is 5.78. The Morgan fingerprint density at radius 1 is 1.13 bits per heavy atom. The summed E-state index contributed by atoms with van der Waals surface area (Å²) in [6.45, 7) is 7.40. The molecule has 30 heavy (non-hydrogen) atoms. The van der Waals surface area contributed by atoms with Crippen LogP contribution in [-0.2, 0) is 33.5 Å². The molecule has 0 aliphatic carbocycles. The number of alkyl halides is 2. The van der Waals surface area contributed by atoms with Crippen molar-refractivity contribution in [2.75, 3.05) is 18.5 Å². The molecule has 0 aromatic carbocycles. The first kappa shape index (κ1) is 26.7. The third-order valence-electron chi connectivity index (χ3n) is 3.40. The van der Waals surface area contributed by atoms with Crippen LogP contribution in [0.25, 0.3) is 0 Å². The minimum absolute atomic E-state index is 0.194. The number of aromatic nitrogens is 1. The van der Waals surface area contributed by atoms with Crippen molar-refractivity contribution in [1.29, 1.82) is 0 Å². The highest BCUT2D eigenvalue weighted by molar-refractivity contribution is 7.12. The highest BCUT2D eigenvalue weighted by Crippen LogP contribution is 2.20. The van der Waals surface area contributed by atoms with E-state index in [9.17, 15) is 9.59 Å². The van der Waals surface area contributed by atoms with Crippen LogP contribution in [-0.4, -0.2) is 41.1 Å². The molecule has 0 spiro atoms. The molecular weight excluding hydrogens is 467 g/mol. The van der Waals surface area contributed by atoms with E-state index in [-0.39, 0.29) is 11.9 Å². The number of rotatable bonds is 8. The Kier molecular flexibility index (Phi) is 12.3. The minimum atomic E-state index is -0.627. The number of hydrogen-bond donors (Lipinski definition) is 1. The Morgan fingerprint density at radius 3 is 2.33 bits per heavy atom. The molecule has 2 rings (SSSR count). The second kappa shape index (κ2) is 13.9. The van der Waals surface area contributed by atoms with Gasteiger partial charge in [0.25, 0.3) is 0 Å². The maximum Gasteiger partial charge on any atom is 0.408 e. The van der Waals surface area contributed by atoms with Gasteiger partial charge in [0, 0.05) is 21.6 Å². The van der Waals surface area contributed by atoms with E-state index in [4.69, 9.17) is 32.7 Å². The maximum atomic E-state index is 11.7. The van der Waals surface area contributed by atoms with Crippen LogP contribution in [0.5, 0.6) is 0 Å². The van der Waals surface area contributed by atoms with Crippen molar-refractivity contribution in [3.63, 3.8) is 0 Å². The summed E-state index contributed by atoms with van der Waals surface area (Å²) in [6, 6.07) is 4.18. The molecule has 0 saturated heterocycles. The monoisotopic (exact) mass is 494 g/mol. The molecular formula is C20H28Cl2N2O4S2. The number of carbonyl (C=O) groups is 2. The van der Waals surface area contributed by atoms with Crippen molar-refractivity contribution in [2.24, 2.45) is 0 Å². The number of carbonyl (C=O) groups excluding carboxylic acids is 2. The Hall–Kier alpha value is -1.35. The second-order valence-corrected chi connectivity index (χ2v) is 10.3. The molecule has 0 atom stereocenters. The molecule has 0 bridgehead atoms. The van der Waals surface area contributed by atoms with Crippen molar-refractivity contribution in [1.82, 2.24) is 10.3 Å². The number of amides is 1. The van der Waals surface area contributed by atoms with Gasteiger partial charge >= 0.3 is 12.1 Å². The quantitative estimate of drug-likeness (QED) is 0.396. The number of hydrogen-bond acceptors (Lipinski definition) is 7. The Bertz CT molecular complexity index is 788. The van der Waals surface area contributed by atoms with Crippen LogP contribution in [0.2, 0.25) is 0 Å². The number of nitrogens with one attached hydrogen (secondary N) is 1. The first-order valence-electron chi connectivity index (χ1n) is 9.36. The molecule has 1 N–H and O–H groups in total. The summed E-state index contributed by atoms with van der Waals surface area (Å²) < 4.78 is 10.2. The smallest absolute Gasteiger partial charge is 0.408 e. The number of aryl methyl sites for hydroxylation is 3. The molecule has 0 radical (unpaired) electrons. The van der Waals surface area contributed by atoms with Gasteiger partial charge in [-0.05, 0) is 52.7 Å². The van der Waals surface area contributed by atoms with E-state index in [0.29, 0.717) is 13.0 Å². The molecule has 0 saturated carbocycles. The van der Waals surface area contributed by atoms with Crippen LogP contribution < -0.4 is 5.32 Å². The van der Waals surface area contributed by atoms with Gasteiger partial charge in [0.05, 0.1) is 22.6 Å². The van der Waals surface area contributed by atoms with Crippen molar-refractivity contribution >= 4 is 57.9 Å². The van der Waals surface area contributed by atoms with Crippen LogP contribution in [0.4, 0.5) is 4.79 Å². The maximum absolute atomic E-state index is 11.7. The third-order valence-corrected chi connectivity index (χ3v) is 5.43. The first-order valence-corrected chi connectivity index (χ1v) is 12.1. The molecule has 2 aromatic rings. The fourth-order valence-corrected chi connectivity index (χ4v) is 3.89. The zero-order valence-electron chi connectivity index (χ0n) is 17.6. The summed E-state index contributed by atoms with van der Waals surface area (Å²) in [5.41, 5.74) is 0.544. The molecule has 168 valence electrons. The van der Waals surface area contributed by atoms with Crippen LogP contribution in [0.15, 0.2) is 17.5 Å². The zero-order valence-corrected chi connectivity index (χ0v) is 20.8. The molecule has 0 aliphatic rings. The van der Waals surface area contributed by atoms with E-state index in [1.165, 1.54) is 9.75 Å². The lowest BCUT2D eigenvalue weighted by molar-refractivity contribution is -0.142. The van der Waals surface area contributed by atoms with Crippen molar-refractivity contribution in [3.05, 3.63) is 38.0 Å². The van der Waals surface area contributed by atoms with Crippen molar-refractivity contribution in [3.8, 4) is 0 Å². The van der Waals surface area contributed by atoms with E-state index >= 15 is 0 Å². The predicted octanol–water partition coefficient (Wildman–Crippen LogP) is 5.33. The van der Waals surface area contributed by atoms with E-state index in [1.807, 2.05) is 6.92 Å². The van der Waals surface area contributed by atoms with Crippen LogP contribution in [0.1, 0.15) is 41.2 Å². The van der Waals surface area contributed by atoms with Gasteiger partial charge < -0.3 is 14.8 Å². The summed E-state index contributed by atoms with van der Waals surface area (Å²) in [6.07, 6.45) is 1.94. The van der Waals surface area contributed by atoms with E-state index < -0.39 is 17.7 Å². The number of thiophene rings is 1. The highest BCUT2D eigenvalue weighted by Gasteiger charge is 2.16. The van der Waals surface area contributed by atoms with E-state index in [1.54, 1.807) is 43.4 Å². The lowest BCUT2D eigenvalue weighted by atomic mass is 10.2. The zero-order chi connectivity index (χ0) is 22.6. The number of alkyl carbamates (subject to hydrolysis) is 1. The normalized spacial score (nSPS) is 10.7. The molecule has 0 fully saturated rings. The Labute approximate surface area is 195 Å². The average Bonchev–Trinajstić information content (AvgIpc) is 3.26. The average molecular weight is 495 g/mol. The summed E-state index contributed by atoms with van der Waals surface area (Å²) in [7, 11) is 0. The van der Waals surface area contributed by atoms with E-state index in [0.717, 1.165) is 23.5 Å². The predicted molar refractivity (Wildman–Crippen MR) is 124 cm³/mol. The van der Waals surface area contributed by atoms with Gasteiger partial charge in [-0.15, -0.1) is 45.9 Å². The van der Waals surface area contributed by atoms with Gasteiger partial charge in [-0.2, -0.15) is 0 Å². The number of thiazole rings is 1. The lowest BCUT2D eigenvalue weighted by Crippen LogP contribution is -2.36. The minimum Gasteiger partial charge on any atom is -0.464 e. The van der Waals surface area contributed by atoms with Crippen molar-refractivity contribution < 1.29 is 19.1 Å². The van der Waals surface area contributed by atoms with E-state index in [2.05, 4.69) is 27.8 Å². The van der Waals surface area contributed by atoms with Gasteiger partial charge in [0.1, 0.15) is 12.1 Å². The van der Waals surface area contributed by atoms with Gasteiger partial charge in [-0.1, -0.05) is 0 Å². The number of esters is 1. The molecule has 0 aliphatic heterocycles. The SMILES string of the molecule is Cc1nc(CCc2ccc(CCOC(=O)CNC(=O)OC(C)(C)C)s2)cs1.ClCCl. The molecule has 2 heterocycles. The lowest BCUT2D eigenvalue weighted by Gasteiger charge is -2.19. The molecule has 1 amide bonds. The topological polar surface area (TPSA) is 77.5 Å². The summed E-state index contributed by atoms with van der Waals surface area (Å²) in [4.78, 5) is 30.1. The summed E-state index contributed by atoms with van der Waals surface area (Å²) >= 11 is 12.9. The number of halogens is 2. The largest absolute Gasteiger partial charge is 0.464 e. The van der Waals surface area contributed by atoms with Gasteiger partial charge in [-0.25, -0.2) is 9.78 Å². The molecule has 2 aromatic heterocycles. The highest BCUT2D eigenvalue weighted by atomic mass is 35.5. The van der Waals surface area contributed by atoms with Crippen molar-refractivity contribution in [2.45, 2.75) is 52.6 Å². The molecule has 10 heteroatoms. The summed E-state index contributed by atoms with van der Waals surface area (Å²) in [5.74, 6) is -0.475. The third kappa shape index (κ3) is 12.4. The second-order valence-electron chi connectivity index (χ2n) is 7.15. The fourth-order valence-electron chi connectivity index (χ4n) is 2.24. The fraction of sp³-hybridized carbons (Fsp3) is 0.550. The molecule has 0 unspecified atom stereocenters. The van der Waals surface area contributed by atoms with Gasteiger partial charge in [0.2, 0.25) is 0 Å². The first-order chi connectivity index (χ1) is 14.1. The number of nitrogens with zero attached hydrogens (tertiary/aromatic N) is 1. The van der Waals surface area contributed by atoms with Gasteiger partial charge in [0.15, 0.2) is 0 Å². The van der Waals surface area contributed by atoms with Crippen LogP contribution in [0.3, 0.4) is 0 Å².